The second-order valence-corrected chi connectivity index (χ2v) is 5.88. The van der Waals surface area contributed by atoms with Gasteiger partial charge in [0.25, 0.3) is 0 Å². The van der Waals surface area contributed by atoms with Crippen molar-refractivity contribution in [3.05, 3.63) is 35.4 Å². The zero-order valence-corrected chi connectivity index (χ0v) is 12.8. The highest BCUT2D eigenvalue weighted by molar-refractivity contribution is 5.81. The molecular formula is C16H21F3N2O. The SMILES string of the molecule is CC(=O)[C@H](Cc1ccc(C(F)(F)F)cc1)N1CCN[C@@H](C)C1. The first kappa shape index (κ1) is 17.0. The molecule has 0 saturated carbocycles. The molecule has 1 aliphatic heterocycles. The maximum atomic E-state index is 12.6. The second kappa shape index (κ2) is 6.79. The normalized spacial score (nSPS) is 21.6. The van der Waals surface area contributed by atoms with Crippen molar-refractivity contribution in [2.24, 2.45) is 0 Å². The Morgan fingerprint density at radius 1 is 1.36 bits per heavy atom. The molecule has 122 valence electrons. The van der Waals surface area contributed by atoms with E-state index in [0.29, 0.717) is 12.5 Å². The van der Waals surface area contributed by atoms with Crippen LogP contribution in [0.3, 0.4) is 0 Å². The summed E-state index contributed by atoms with van der Waals surface area (Å²) in [6.45, 7) is 5.96. The highest BCUT2D eigenvalue weighted by Gasteiger charge is 2.31. The Kier molecular flexibility index (Phi) is 5.24. The number of piperazine rings is 1. The van der Waals surface area contributed by atoms with Gasteiger partial charge in [0.05, 0.1) is 11.6 Å². The lowest BCUT2D eigenvalue weighted by Gasteiger charge is -2.36. The first-order valence-corrected chi connectivity index (χ1v) is 7.41. The van der Waals surface area contributed by atoms with Gasteiger partial charge in [-0.1, -0.05) is 12.1 Å². The molecule has 1 saturated heterocycles. The molecule has 1 N–H and O–H groups in total. The summed E-state index contributed by atoms with van der Waals surface area (Å²) in [5.74, 6) is 0.0500. The van der Waals surface area contributed by atoms with Crippen molar-refractivity contribution in [2.45, 2.75) is 38.5 Å². The number of benzene rings is 1. The monoisotopic (exact) mass is 314 g/mol. The number of alkyl halides is 3. The summed E-state index contributed by atoms with van der Waals surface area (Å²) in [5.41, 5.74) is 0.0887. The van der Waals surface area contributed by atoms with Gasteiger partial charge in [-0.2, -0.15) is 13.2 Å². The number of carbonyl (C=O) groups is 1. The Labute approximate surface area is 128 Å². The number of rotatable bonds is 4. The molecular weight excluding hydrogens is 293 g/mol. The van der Waals surface area contributed by atoms with Crippen molar-refractivity contribution >= 4 is 5.78 Å². The first-order valence-electron chi connectivity index (χ1n) is 7.41. The fourth-order valence-electron chi connectivity index (χ4n) is 2.83. The van der Waals surface area contributed by atoms with E-state index in [2.05, 4.69) is 17.1 Å². The third-order valence-electron chi connectivity index (χ3n) is 4.02. The van der Waals surface area contributed by atoms with Gasteiger partial charge in [0, 0.05) is 25.7 Å². The summed E-state index contributed by atoms with van der Waals surface area (Å²) >= 11 is 0. The molecule has 0 unspecified atom stereocenters. The first-order chi connectivity index (χ1) is 10.3. The van der Waals surface area contributed by atoms with Gasteiger partial charge in [-0.25, -0.2) is 0 Å². The van der Waals surface area contributed by atoms with Crippen molar-refractivity contribution in [1.82, 2.24) is 10.2 Å². The van der Waals surface area contributed by atoms with Crippen LogP contribution in [0.1, 0.15) is 25.0 Å². The largest absolute Gasteiger partial charge is 0.416 e. The molecule has 1 aromatic rings. The van der Waals surface area contributed by atoms with Crippen LogP contribution in [0.15, 0.2) is 24.3 Å². The van der Waals surface area contributed by atoms with Crippen LogP contribution in [-0.2, 0) is 17.4 Å². The van der Waals surface area contributed by atoms with E-state index >= 15 is 0 Å². The summed E-state index contributed by atoms with van der Waals surface area (Å²) in [5, 5.41) is 3.32. The molecule has 0 bridgehead atoms. The van der Waals surface area contributed by atoms with E-state index in [1.165, 1.54) is 12.1 Å². The fourth-order valence-corrected chi connectivity index (χ4v) is 2.83. The molecule has 2 atom stereocenters. The standard InChI is InChI=1S/C16H21F3N2O/c1-11-10-21(8-7-20-11)15(12(2)22)9-13-3-5-14(6-4-13)16(17,18)19/h3-6,11,15,20H,7-10H2,1-2H3/t11-,15-/m0/s1. The van der Waals surface area contributed by atoms with Crippen LogP contribution in [0.25, 0.3) is 0 Å². The lowest BCUT2D eigenvalue weighted by Crippen LogP contribution is -2.55. The molecule has 0 aliphatic carbocycles. The maximum Gasteiger partial charge on any atom is 0.416 e. The summed E-state index contributed by atoms with van der Waals surface area (Å²) in [4.78, 5) is 14.1. The minimum absolute atomic E-state index is 0.0500. The van der Waals surface area contributed by atoms with Crippen LogP contribution in [0.5, 0.6) is 0 Å². The van der Waals surface area contributed by atoms with Gasteiger partial charge in [-0.05, 0) is 38.0 Å². The molecule has 0 spiro atoms. The minimum atomic E-state index is -4.33. The van der Waals surface area contributed by atoms with Gasteiger partial charge in [-0.3, -0.25) is 9.69 Å². The Morgan fingerprint density at radius 3 is 2.50 bits per heavy atom. The number of ketones is 1. The smallest absolute Gasteiger partial charge is 0.312 e. The summed E-state index contributed by atoms with van der Waals surface area (Å²) in [6.07, 6.45) is -3.88. The molecule has 0 radical (unpaired) electrons. The molecule has 1 heterocycles. The predicted octanol–water partition coefficient (Wildman–Crippen LogP) is 2.50. The van der Waals surface area contributed by atoms with Crippen molar-refractivity contribution in [2.75, 3.05) is 19.6 Å². The molecule has 6 heteroatoms. The molecule has 1 fully saturated rings. The number of hydrogen-bond acceptors (Lipinski definition) is 3. The zero-order valence-electron chi connectivity index (χ0n) is 12.8. The van der Waals surface area contributed by atoms with Crippen molar-refractivity contribution in [3.8, 4) is 0 Å². The predicted molar refractivity (Wildman–Crippen MR) is 78.7 cm³/mol. The molecule has 1 aliphatic rings. The lowest BCUT2D eigenvalue weighted by atomic mass is 9.99. The Morgan fingerprint density at radius 2 is 2.00 bits per heavy atom. The third-order valence-corrected chi connectivity index (χ3v) is 4.02. The summed E-state index contributed by atoms with van der Waals surface area (Å²) in [6, 6.07) is 5.11. The Balaban J connectivity index is 2.09. The van der Waals surface area contributed by atoms with E-state index in [9.17, 15) is 18.0 Å². The van der Waals surface area contributed by atoms with Gasteiger partial charge in [0.15, 0.2) is 0 Å². The zero-order chi connectivity index (χ0) is 16.3. The number of nitrogens with zero attached hydrogens (tertiary/aromatic N) is 1. The van der Waals surface area contributed by atoms with Crippen LogP contribution in [0, 0.1) is 0 Å². The topological polar surface area (TPSA) is 32.3 Å². The van der Waals surface area contributed by atoms with Crippen LogP contribution >= 0.6 is 0 Å². The van der Waals surface area contributed by atoms with Crippen LogP contribution < -0.4 is 5.32 Å². The highest BCUT2D eigenvalue weighted by atomic mass is 19.4. The van der Waals surface area contributed by atoms with E-state index in [1.54, 1.807) is 6.92 Å². The third kappa shape index (κ3) is 4.30. The highest BCUT2D eigenvalue weighted by Crippen LogP contribution is 2.29. The van der Waals surface area contributed by atoms with E-state index in [1.807, 2.05) is 0 Å². The van der Waals surface area contributed by atoms with Crippen LogP contribution in [-0.4, -0.2) is 42.4 Å². The Hall–Kier alpha value is -1.40. The number of carbonyl (C=O) groups excluding carboxylic acids is 1. The van der Waals surface area contributed by atoms with E-state index in [4.69, 9.17) is 0 Å². The number of nitrogens with one attached hydrogen (secondary N) is 1. The average Bonchev–Trinajstić information content (AvgIpc) is 2.44. The van der Waals surface area contributed by atoms with E-state index < -0.39 is 11.7 Å². The minimum Gasteiger partial charge on any atom is -0.312 e. The lowest BCUT2D eigenvalue weighted by molar-refractivity contribution is -0.137. The molecule has 2 rings (SSSR count). The van der Waals surface area contributed by atoms with Gasteiger partial charge in [-0.15, -0.1) is 0 Å². The van der Waals surface area contributed by atoms with E-state index in [-0.39, 0.29) is 11.8 Å². The molecule has 22 heavy (non-hydrogen) atoms. The average molecular weight is 314 g/mol. The maximum absolute atomic E-state index is 12.6. The van der Waals surface area contributed by atoms with Gasteiger partial charge >= 0.3 is 6.18 Å². The number of hydrogen-bond donors (Lipinski definition) is 1. The quantitative estimate of drug-likeness (QED) is 0.927. The van der Waals surface area contributed by atoms with Gasteiger partial charge < -0.3 is 5.32 Å². The van der Waals surface area contributed by atoms with Crippen molar-refractivity contribution < 1.29 is 18.0 Å². The van der Waals surface area contributed by atoms with E-state index in [0.717, 1.165) is 37.3 Å². The molecule has 1 aromatic carbocycles. The summed E-state index contributed by atoms with van der Waals surface area (Å²) < 4.78 is 37.7. The van der Waals surface area contributed by atoms with Gasteiger partial charge in [0.1, 0.15) is 5.78 Å². The number of Topliss-reactive ketones (excluding diaryl/α,β-unsaturated/α-hetero) is 1. The molecule has 0 aromatic heterocycles. The van der Waals surface area contributed by atoms with Gasteiger partial charge in [0.2, 0.25) is 0 Å². The van der Waals surface area contributed by atoms with Crippen LogP contribution in [0.4, 0.5) is 13.2 Å². The van der Waals surface area contributed by atoms with Crippen molar-refractivity contribution in [1.29, 1.82) is 0 Å². The number of halogens is 3. The summed E-state index contributed by atoms with van der Waals surface area (Å²) in [7, 11) is 0. The second-order valence-electron chi connectivity index (χ2n) is 5.88. The molecule has 0 amide bonds. The van der Waals surface area contributed by atoms with Crippen LogP contribution in [0.2, 0.25) is 0 Å². The van der Waals surface area contributed by atoms with Crippen molar-refractivity contribution in [3.63, 3.8) is 0 Å². The Bertz CT molecular complexity index is 513. The fraction of sp³-hybridized carbons (Fsp3) is 0.562. The molecule has 3 nitrogen and oxygen atoms in total.